The number of epoxide rings is 1. The van der Waals surface area contributed by atoms with Crippen molar-refractivity contribution >= 4 is 0 Å². The van der Waals surface area contributed by atoms with Crippen molar-refractivity contribution in [3.8, 4) is 0 Å². The van der Waals surface area contributed by atoms with E-state index in [0.29, 0.717) is 17.6 Å². The molecule has 1 aliphatic carbocycles. The van der Waals surface area contributed by atoms with E-state index in [1.54, 1.807) is 0 Å². The molecule has 112 valence electrons. The van der Waals surface area contributed by atoms with Crippen molar-refractivity contribution in [3.05, 3.63) is 0 Å². The molecule has 1 unspecified atom stereocenters. The van der Waals surface area contributed by atoms with Crippen molar-refractivity contribution in [1.29, 1.82) is 0 Å². The third-order valence-electron chi connectivity index (χ3n) is 4.39. The Labute approximate surface area is 118 Å². The first-order valence-corrected chi connectivity index (χ1v) is 7.86. The SMILES string of the molecule is CC(C)(C)C1CCC(OCCCOCC2CO2)CC1. The summed E-state index contributed by atoms with van der Waals surface area (Å²) in [6.45, 7) is 10.4. The Hall–Kier alpha value is -0.120. The summed E-state index contributed by atoms with van der Waals surface area (Å²) in [5, 5.41) is 0. The van der Waals surface area contributed by atoms with Crippen LogP contribution in [0.25, 0.3) is 0 Å². The molecule has 0 aromatic heterocycles. The quantitative estimate of drug-likeness (QED) is 0.524. The van der Waals surface area contributed by atoms with E-state index in [2.05, 4.69) is 20.8 Å². The van der Waals surface area contributed by atoms with Gasteiger partial charge >= 0.3 is 0 Å². The Bertz CT molecular complexity index is 247. The molecule has 0 aromatic rings. The summed E-state index contributed by atoms with van der Waals surface area (Å²) in [7, 11) is 0. The van der Waals surface area contributed by atoms with Crippen molar-refractivity contribution in [1.82, 2.24) is 0 Å². The largest absolute Gasteiger partial charge is 0.379 e. The maximum absolute atomic E-state index is 5.96. The van der Waals surface area contributed by atoms with E-state index in [1.165, 1.54) is 25.7 Å². The zero-order valence-electron chi connectivity index (χ0n) is 12.8. The van der Waals surface area contributed by atoms with Crippen molar-refractivity contribution in [2.24, 2.45) is 11.3 Å². The predicted octanol–water partition coefficient (Wildman–Crippen LogP) is 3.41. The molecule has 0 bridgehead atoms. The van der Waals surface area contributed by atoms with Crippen molar-refractivity contribution < 1.29 is 14.2 Å². The Morgan fingerprint density at radius 2 is 1.74 bits per heavy atom. The standard InChI is InChI=1S/C16H30O3/c1-16(2,3)13-5-7-14(8-6-13)18-10-4-9-17-11-15-12-19-15/h13-15H,4-12H2,1-3H3. The minimum absolute atomic E-state index is 0.383. The number of rotatable bonds is 7. The molecule has 1 saturated carbocycles. The highest BCUT2D eigenvalue weighted by atomic mass is 16.6. The highest BCUT2D eigenvalue weighted by Crippen LogP contribution is 2.38. The molecule has 1 aliphatic heterocycles. The molecule has 1 heterocycles. The van der Waals surface area contributed by atoms with E-state index in [4.69, 9.17) is 14.2 Å². The van der Waals surface area contributed by atoms with Gasteiger partial charge in [0, 0.05) is 13.2 Å². The number of hydrogen-bond donors (Lipinski definition) is 0. The second-order valence-electron chi connectivity index (χ2n) is 7.09. The van der Waals surface area contributed by atoms with Crippen LogP contribution >= 0.6 is 0 Å². The molecule has 2 aliphatic rings. The van der Waals surface area contributed by atoms with E-state index >= 15 is 0 Å². The Kier molecular flexibility index (Phi) is 5.67. The third-order valence-corrected chi connectivity index (χ3v) is 4.39. The highest BCUT2D eigenvalue weighted by Gasteiger charge is 2.29. The summed E-state index contributed by atoms with van der Waals surface area (Å²) in [6, 6.07) is 0. The number of ether oxygens (including phenoxy) is 3. The Morgan fingerprint density at radius 1 is 1.05 bits per heavy atom. The number of hydrogen-bond acceptors (Lipinski definition) is 3. The highest BCUT2D eigenvalue weighted by molar-refractivity contribution is 4.80. The van der Waals surface area contributed by atoms with E-state index in [-0.39, 0.29) is 0 Å². The van der Waals surface area contributed by atoms with E-state index in [1.807, 2.05) is 0 Å². The molecule has 3 heteroatoms. The molecule has 19 heavy (non-hydrogen) atoms. The maximum atomic E-state index is 5.96. The van der Waals surface area contributed by atoms with Gasteiger partial charge in [0.1, 0.15) is 6.10 Å². The molecule has 0 amide bonds. The Morgan fingerprint density at radius 3 is 2.32 bits per heavy atom. The van der Waals surface area contributed by atoms with Crippen LogP contribution in [0, 0.1) is 11.3 Å². The van der Waals surface area contributed by atoms with E-state index < -0.39 is 0 Å². The zero-order valence-corrected chi connectivity index (χ0v) is 12.8. The molecule has 0 N–H and O–H groups in total. The lowest BCUT2D eigenvalue weighted by Gasteiger charge is -2.36. The third kappa shape index (κ3) is 5.80. The fourth-order valence-electron chi connectivity index (χ4n) is 2.89. The lowest BCUT2D eigenvalue weighted by atomic mass is 9.72. The van der Waals surface area contributed by atoms with E-state index in [0.717, 1.165) is 38.8 Å². The van der Waals surface area contributed by atoms with Crippen molar-refractivity contribution in [2.45, 2.75) is 65.1 Å². The summed E-state index contributed by atoms with van der Waals surface area (Å²) in [5.74, 6) is 0.870. The summed E-state index contributed by atoms with van der Waals surface area (Å²) in [6.07, 6.45) is 7.00. The monoisotopic (exact) mass is 270 g/mol. The van der Waals surface area contributed by atoms with Gasteiger partial charge in [-0.05, 0) is 43.4 Å². The first-order valence-electron chi connectivity index (χ1n) is 7.86. The summed E-state index contributed by atoms with van der Waals surface area (Å²) in [5.41, 5.74) is 0.462. The molecule has 1 atom stereocenters. The predicted molar refractivity (Wildman–Crippen MR) is 76.3 cm³/mol. The lowest BCUT2D eigenvalue weighted by molar-refractivity contribution is -0.00647. The molecule has 2 fully saturated rings. The lowest BCUT2D eigenvalue weighted by Crippen LogP contribution is -2.29. The van der Waals surface area contributed by atoms with Crippen LogP contribution < -0.4 is 0 Å². The average Bonchev–Trinajstić information content (AvgIpc) is 3.17. The molecular weight excluding hydrogens is 240 g/mol. The topological polar surface area (TPSA) is 31.0 Å². The first-order chi connectivity index (χ1) is 9.05. The Balaban J connectivity index is 1.46. The molecule has 0 radical (unpaired) electrons. The van der Waals surface area contributed by atoms with Gasteiger partial charge in [0.2, 0.25) is 0 Å². The fourth-order valence-corrected chi connectivity index (χ4v) is 2.89. The normalized spacial score (nSPS) is 31.4. The first kappa shape index (κ1) is 15.3. The van der Waals surface area contributed by atoms with Crippen molar-refractivity contribution in [2.75, 3.05) is 26.4 Å². The molecule has 0 spiro atoms. The summed E-state index contributed by atoms with van der Waals surface area (Å²) >= 11 is 0. The summed E-state index contributed by atoms with van der Waals surface area (Å²) in [4.78, 5) is 0. The smallest absolute Gasteiger partial charge is 0.104 e. The van der Waals surface area contributed by atoms with Crippen LogP contribution in [0.3, 0.4) is 0 Å². The van der Waals surface area contributed by atoms with Crippen LogP contribution in [-0.4, -0.2) is 38.6 Å². The van der Waals surface area contributed by atoms with Crippen LogP contribution in [0.4, 0.5) is 0 Å². The van der Waals surface area contributed by atoms with Gasteiger partial charge in [0.15, 0.2) is 0 Å². The van der Waals surface area contributed by atoms with Gasteiger partial charge in [-0.1, -0.05) is 20.8 Å². The summed E-state index contributed by atoms with van der Waals surface area (Å²) < 4.78 is 16.6. The van der Waals surface area contributed by atoms with Gasteiger partial charge < -0.3 is 14.2 Å². The molecular formula is C16H30O3. The van der Waals surface area contributed by atoms with Gasteiger partial charge in [0.05, 0.1) is 19.3 Å². The van der Waals surface area contributed by atoms with Crippen molar-refractivity contribution in [3.63, 3.8) is 0 Å². The maximum Gasteiger partial charge on any atom is 0.104 e. The second kappa shape index (κ2) is 7.05. The van der Waals surface area contributed by atoms with Gasteiger partial charge in [-0.2, -0.15) is 0 Å². The molecule has 2 rings (SSSR count). The minimum atomic E-state index is 0.383. The molecule has 0 aromatic carbocycles. The van der Waals surface area contributed by atoms with Crippen LogP contribution in [0.1, 0.15) is 52.9 Å². The molecule has 1 saturated heterocycles. The zero-order chi connectivity index (χ0) is 13.7. The minimum Gasteiger partial charge on any atom is -0.379 e. The fraction of sp³-hybridized carbons (Fsp3) is 1.00. The van der Waals surface area contributed by atoms with E-state index in [9.17, 15) is 0 Å². The van der Waals surface area contributed by atoms with Crippen LogP contribution in [0.5, 0.6) is 0 Å². The van der Waals surface area contributed by atoms with Crippen LogP contribution in [-0.2, 0) is 14.2 Å². The average molecular weight is 270 g/mol. The van der Waals surface area contributed by atoms with Crippen LogP contribution in [0.2, 0.25) is 0 Å². The van der Waals surface area contributed by atoms with Gasteiger partial charge in [-0.15, -0.1) is 0 Å². The molecule has 3 nitrogen and oxygen atoms in total. The van der Waals surface area contributed by atoms with Gasteiger partial charge in [0.25, 0.3) is 0 Å². The van der Waals surface area contributed by atoms with Gasteiger partial charge in [-0.3, -0.25) is 0 Å². The van der Waals surface area contributed by atoms with Crippen LogP contribution in [0.15, 0.2) is 0 Å². The second-order valence-corrected chi connectivity index (χ2v) is 7.09. The van der Waals surface area contributed by atoms with Gasteiger partial charge in [-0.25, -0.2) is 0 Å².